The van der Waals surface area contributed by atoms with Crippen LogP contribution < -0.4 is 11.4 Å². The molecule has 0 radical (unpaired) electrons. The molecule has 8 nitrogen and oxygen atoms in total. The normalized spacial score (nSPS) is 11.6. The smallest absolute Gasteiger partial charge is 0.345 e. The highest BCUT2D eigenvalue weighted by Gasteiger charge is 2.17. The largest absolute Gasteiger partial charge is 0.422 e. The number of aromatic nitrogens is 3. The van der Waals surface area contributed by atoms with Gasteiger partial charge in [0.25, 0.3) is 0 Å². The molecule has 0 fully saturated rings. The second-order valence-corrected chi connectivity index (χ2v) is 7.38. The van der Waals surface area contributed by atoms with Crippen LogP contribution in [0.5, 0.6) is 0 Å². The first-order chi connectivity index (χ1) is 14.6. The minimum atomic E-state index is -0.487. The highest BCUT2D eigenvalue weighted by molar-refractivity contribution is 9.10. The minimum absolute atomic E-state index is 0.155. The van der Waals surface area contributed by atoms with E-state index in [4.69, 9.17) is 10.2 Å². The number of benzene rings is 2. The third-order valence-electron chi connectivity index (χ3n) is 4.51. The number of rotatable bonds is 3. The number of anilines is 1. The second kappa shape index (κ2) is 7.20. The topological polar surface area (TPSA) is 111 Å². The van der Waals surface area contributed by atoms with E-state index in [0.29, 0.717) is 33.9 Å². The summed E-state index contributed by atoms with van der Waals surface area (Å²) in [7, 11) is 0. The number of nitrogen functional groups attached to an aromatic ring is 1. The average molecular weight is 461 g/mol. The standard InChI is InChI=1S/C21H13BrN6O2/c22-13-6-7-17-12(10-13)11-15(21(29)30-17)16-8-9-24-20-18(19(23)27-28(16)20)26-25-14-4-2-1-3-5-14/h1-11H,(H2,23,27). The molecule has 0 spiro atoms. The maximum Gasteiger partial charge on any atom is 0.345 e. The van der Waals surface area contributed by atoms with E-state index < -0.39 is 5.63 Å². The van der Waals surface area contributed by atoms with E-state index in [2.05, 4.69) is 36.2 Å². The first-order valence-corrected chi connectivity index (χ1v) is 9.73. The van der Waals surface area contributed by atoms with E-state index in [-0.39, 0.29) is 5.82 Å². The molecule has 0 bridgehead atoms. The van der Waals surface area contributed by atoms with E-state index >= 15 is 0 Å². The summed E-state index contributed by atoms with van der Waals surface area (Å²) in [5.74, 6) is 0.155. The van der Waals surface area contributed by atoms with E-state index in [1.807, 2.05) is 42.5 Å². The Morgan fingerprint density at radius 1 is 1.03 bits per heavy atom. The van der Waals surface area contributed by atoms with Crippen LogP contribution in [0.4, 0.5) is 17.2 Å². The summed E-state index contributed by atoms with van der Waals surface area (Å²) in [5, 5.41) is 13.5. The summed E-state index contributed by atoms with van der Waals surface area (Å²) in [6, 6.07) is 18.1. The molecule has 0 amide bonds. The van der Waals surface area contributed by atoms with Gasteiger partial charge in [-0.2, -0.15) is 5.11 Å². The van der Waals surface area contributed by atoms with Crippen molar-refractivity contribution in [1.82, 2.24) is 14.6 Å². The summed E-state index contributed by atoms with van der Waals surface area (Å²) in [6.07, 6.45) is 1.57. The Kier molecular flexibility index (Phi) is 4.36. The number of hydrogen-bond donors (Lipinski definition) is 1. The molecular weight excluding hydrogens is 448 g/mol. The first kappa shape index (κ1) is 18.2. The summed E-state index contributed by atoms with van der Waals surface area (Å²) in [6.45, 7) is 0. The predicted molar refractivity (Wildman–Crippen MR) is 117 cm³/mol. The van der Waals surface area contributed by atoms with Gasteiger partial charge in [-0.15, -0.1) is 10.2 Å². The van der Waals surface area contributed by atoms with Crippen LogP contribution in [0.2, 0.25) is 0 Å². The van der Waals surface area contributed by atoms with Gasteiger partial charge in [0, 0.05) is 16.1 Å². The molecule has 2 aromatic carbocycles. The lowest BCUT2D eigenvalue weighted by molar-refractivity contribution is 0.562. The van der Waals surface area contributed by atoms with Gasteiger partial charge >= 0.3 is 5.63 Å². The summed E-state index contributed by atoms with van der Waals surface area (Å²) < 4.78 is 7.84. The van der Waals surface area contributed by atoms with Gasteiger partial charge < -0.3 is 10.2 Å². The van der Waals surface area contributed by atoms with Gasteiger partial charge in [0.1, 0.15) is 5.58 Å². The fourth-order valence-corrected chi connectivity index (χ4v) is 3.50. The molecular formula is C21H13BrN6O2. The number of nitrogens with zero attached hydrogens (tertiary/aromatic N) is 5. The van der Waals surface area contributed by atoms with E-state index in [9.17, 15) is 4.79 Å². The van der Waals surface area contributed by atoms with Crippen molar-refractivity contribution in [2.45, 2.75) is 0 Å². The Hall–Kier alpha value is -3.85. The quantitative estimate of drug-likeness (QED) is 0.291. The third-order valence-corrected chi connectivity index (χ3v) is 5.01. The van der Waals surface area contributed by atoms with Crippen LogP contribution in [0.3, 0.4) is 0 Å². The van der Waals surface area contributed by atoms with E-state index in [1.54, 1.807) is 24.4 Å². The molecule has 0 unspecified atom stereocenters. The maximum atomic E-state index is 12.7. The molecule has 2 N–H and O–H groups in total. The molecule has 0 atom stereocenters. The Morgan fingerprint density at radius 3 is 2.70 bits per heavy atom. The van der Waals surface area contributed by atoms with Crippen LogP contribution >= 0.6 is 15.9 Å². The molecule has 0 saturated heterocycles. The van der Waals surface area contributed by atoms with Crippen molar-refractivity contribution in [2.24, 2.45) is 10.2 Å². The van der Waals surface area contributed by atoms with Crippen molar-refractivity contribution < 1.29 is 4.42 Å². The summed E-state index contributed by atoms with van der Waals surface area (Å²) in [4.78, 5) is 17.0. The molecule has 30 heavy (non-hydrogen) atoms. The number of azo groups is 1. The van der Waals surface area contributed by atoms with Gasteiger partial charge in [0.05, 0.1) is 16.9 Å². The monoisotopic (exact) mass is 460 g/mol. The lowest BCUT2D eigenvalue weighted by atomic mass is 10.1. The molecule has 5 rings (SSSR count). The van der Waals surface area contributed by atoms with Crippen LogP contribution in [-0.2, 0) is 0 Å². The van der Waals surface area contributed by atoms with Crippen molar-refractivity contribution in [1.29, 1.82) is 0 Å². The van der Waals surface area contributed by atoms with Crippen LogP contribution in [0.25, 0.3) is 27.9 Å². The molecule has 0 saturated carbocycles. The predicted octanol–water partition coefficient (Wildman–Crippen LogP) is 5.26. The molecule has 9 heteroatoms. The van der Waals surface area contributed by atoms with Gasteiger partial charge in [-0.05, 0) is 42.5 Å². The van der Waals surface area contributed by atoms with Crippen LogP contribution in [-0.4, -0.2) is 14.6 Å². The number of fused-ring (bicyclic) bond motifs is 2. The van der Waals surface area contributed by atoms with Crippen molar-refractivity contribution in [3.63, 3.8) is 0 Å². The maximum absolute atomic E-state index is 12.7. The van der Waals surface area contributed by atoms with Crippen molar-refractivity contribution >= 4 is 49.7 Å². The number of halogens is 1. The lowest BCUT2D eigenvalue weighted by Gasteiger charge is -2.05. The highest BCUT2D eigenvalue weighted by Crippen LogP contribution is 2.31. The lowest BCUT2D eigenvalue weighted by Crippen LogP contribution is -2.07. The summed E-state index contributed by atoms with van der Waals surface area (Å²) >= 11 is 3.43. The van der Waals surface area contributed by atoms with Gasteiger partial charge in [-0.1, -0.05) is 34.1 Å². The Labute approximate surface area is 177 Å². The number of hydrogen-bond acceptors (Lipinski definition) is 7. The Balaban J connectivity index is 1.68. The van der Waals surface area contributed by atoms with Gasteiger partial charge in [-0.3, -0.25) is 0 Å². The van der Waals surface area contributed by atoms with Crippen molar-refractivity contribution in [3.8, 4) is 11.3 Å². The SMILES string of the molecule is Nc1nn2c(-c3cc4cc(Br)ccc4oc3=O)ccnc2c1N=Nc1ccccc1. The van der Waals surface area contributed by atoms with Crippen molar-refractivity contribution in [3.05, 3.63) is 81.8 Å². The van der Waals surface area contributed by atoms with Crippen LogP contribution in [0, 0.1) is 0 Å². The van der Waals surface area contributed by atoms with E-state index in [1.165, 1.54) is 4.52 Å². The minimum Gasteiger partial charge on any atom is -0.422 e. The first-order valence-electron chi connectivity index (χ1n) is 8.94. The van der Waals surface area contributed by atoms with Gasteiger partial charge in [-0.25, -0.2) is 14.3 Å². The second-order valence-electron chi connectivity index (χ2n) is 6.46. The van der Waals surface area contributed by atoms with E-state index in [0.717, 1.165) is 9.86 Å². The van der Waals surface area contributed by atoms with Crippen molar-refractivity contribution in [2.75, 3.05) is 5.73 Å². The Bertz CT molecular complexity index is 1490. The zero-order valence-corrected chi connectivity index (χ0v) is 16.9. The fraction of sp³-hybridized carbons (Fsp3) is 0. The molecule has 146 valence electrons. The molecule has 5 aromatic rings. The average Bonchev–Trinajstić information content (AvgIpc) is 3.08. The third kappa shape index (κ3) is 3.15. The molecule has 3 heterocycles. The Morgan fingerprint density at radius 2 is 1.87 bits per heavy atom. The summed E-state index contributed by atoms with van der Waals surface area (Å²) in [5.41, 5.74) is 8.30. The number of nitrogens with two attached hydrogens (primary N) is 1. The van der Waals surface area contributed by atoms with Crippen LogP contribution in [0.15, 0.2) is 90.8 Å². The highest BCUT2D eigenvalue weighted by atomic mass is 79.9. The van der Waals surface area contributed by atoms with Crippen LogP contribution in [0.1, 0.15) is 0 Å². The molecule has 3 aromatic heterocycles. The molecule has 0 aliphatic rings. The van der Waals surface area contributed by atoms with Gasteiger partial charge in [0.15, 0.2) is 17.2 Å². The fourth-order valence-electron chi connectivity index (χ4n) is 3.13. The zero-order chi connectivity index (χ0) is 20.7. The van der Waals surface area contributed by atoms with Gasteiger partial charge in [0.2, 0.25) is 0 Å². The molecule has 0 aliphatic heterocycles. The molecule has 0 aliphatic carbocycles. The zero-order valence-electron chi connectivity index (χ0n) is 15.4.